The van der Waals surface area contributed by atoms with Crippen LogP contribution in [0.5, 0.6) is 0 Å². The Labute approximate surface area is 77.8 Å². The molecule has 0 unspecified atom stereocenters. The molecule has 0 saturated heterocycles. The molecule has 2 aromatic heterocycles. The first-order valence-corrected chi connectivity index (χ1v) is 4.04. The molecule has 7 heteroatoms. The van der Waals surface area contributed by atoms with Crippen molar-refractivity contribution < 1.29 is 4.39 Å². The predicted molar refractivity (Wildman–Crippen MR) is 48.1 cm³/mol. The number of nitrogens with zero attached hydrogens (tertiary/aromatic N) is 3. The minimum atomic E-state index is -0.472. The van der Waals surface area contributed by atoms with Crippen LogP contribution in [-0.4, -0.2) is 32.8 Å². The zero-order valence-corrected chi connectivity index (χ0v) is 7.20. The topological polar surface area (TPSA) is 75.1 Å². The first-order chi connectivity index (χ1) is 6.81. The number of fused-ring (bicyclic) bond motifs is 1. The number of halogens is 1. The lowest BCUT2D eigenvalue weighted by atomic mass is 10.5. The molecule has 0 aliphatic heterocycles. The number of H-pyrrole nitrogens is 1. The highest BCUT2D eigenvalue weighted by Crippen LogP contribution is 2.03. The number of alkyl halides is 1. The molecule has 2 N–H and O–H groups in total. The summed E-state index contributed by atoms with van der Waals surface area (Å²) >= 11 is 0. The number of aromatic amines is 1. The number of nitrogens with one attached hydrogen (secondary N) is 2. The fraction of sp³-hybridized carbons (Fsp3) is 0.286. The third kappa shape index (κ3) is 1.43. The summed E-state index contributed by atoms with van der Waals surface area (Å²) in [4.78, 5) is 14.9. The molecule has 0 amide bonds. The average Bonchev–Trinajstić information content (AvgIpc) is 2.57. The van der Waals surface area contributed by atoms with Crippen molar-refractivity contribution in [2.24, 2.45) is 0 Å². The van der Waals surface area contributed by atoms with E-state index >= 15 is 0 Å². The van der Waals surface area contributed by atoms with Gasteiger partial charge in [0, 0.05) is 12.6 Å². The van der Waals surface area contributed by atoms with Crippen LogP contribution in [0.4, 0.5) is 10.2 Å². The monoisotopic (exact) mass is 197 g/mol. The maximum atomic E-state index is 11.8. The Balaban J connectivity index is 2.37. The Morgan fingerprint density at radius 3 is 3.29 bits per heavy atom. The van der Waals surface area contributed by atoms with Gasteiger partial charge in [0.25, 0.3) is 0 Å². The SMILES string of the molecule is O=c1[nH]nc2cc(NCCF)ncn12. The number of hydrogen-bond donors (Lipinski definition) is 2. The molecule has 0 atom stereocenters. The second-order valence-corrected chi connectivity index (χ2v) is 2.65. The lowest BCUT2D eigenvalue weighted by Gasteiger charge is -2.01. The van der Waals surface area contributed by atoms with Crippen molar-refractivity contribution in [2.45, 2.75) is 0 Å². The third-order valence-electron chi connectivity index (χ3n) is 1.71. The molecule has 2 rings (SSSR count). The average molecular weight is 197 g/mol. The van der Waals surface area contributed by atoms with Crippen molar-refractivity contribution in [3.05, 3.63) is 22.9 Å². The van der Waals surface area contributed by atoms with E-state index in [0.717, 1.165) is 0 Å². The Morgan fingerprint density at radius 2 is 2.50 bits per heavy atom. The number of rotatable bonds is 3. The smallest absolute Gasteiger partial charge is 0.348 e. The molecule has 0 aliphatic rings. The van der Waals surface area contributed by atoms with Crippen LogP contribution < -0.4 is 11.0 Å². The van der Waals surface area contributed by atoms with Crippen molar-refractivity contribution in [2.75, 3.05) is 18.5 Å². The largest absolute Gasteiger partial charge is 0.367 e. The summed E-state index contributed by atoms with van der Waals surface area (Å²) in [6, 6.07) is 1.56. The molecule has 2 aromatic rings. The molecule has 0 bridgehead atoms. The molecule has 2 heterocycles. The lowest BCUT2D eigenvalue weighted by molar-refractivity contribution is 0.512. The van der Waals surface area contributed by atoms with Gasteiger partial charge in [0.2, 0.25) is 0 Å². The van der Waals surface area contributed by atoms with Gasteiger partial charge in [0.1, 0.15) is 18.8 Å². The van der Waals surface area contributed by atoms with Gasteiger partial charge in [-0.2, -0.15) is 5.10 Å². The van der Waals surface area contributed by atoms with E-state index in [1.54, 1.807) is 6.07 Å². The minimum absolute atomic E-state index is 0.192. The molecular formula is C7H8FN5O. The Morgan fingerprint density at radius 1 is 1.64 bits per heavy atom. The van der Waals surface area contributed by atoms with Gasteiger partial charge in [-0.3, -0.25) is 0 Å². The maximum absolute atomic E-state index is 11.8. The molecule has 0 aromatic carbocycles. The van der Waals surface area contributed by atoms with Crippen LogP contribution in [0.25, 0.3) is 5.65 Å². The van der Waals surface area contributed by atoms with E-state index in [2.05, 4.69) is 20.5 Å². The molecular weight excluding hydrogens is 189 g/mol. The summed E-state index contributed by atoms with van der Waals surface area (Å²) in [5.41, 5.74) is 0.107. The fourth-order valence-electron chi connectivity index (χ4n) is 1.08. The molecule has 0 aliphatic carbocycles. The van der Waals surface area contributed by atoms with Crippen LogP contribution in [0.2, 0.25) is 0 Å². The molecule has 0 fully saturated rings. The van der Waals surface area contributed by atoms with Crippen LogP contribution in [-0.2, 0) is 0 Å². The van der Waals surface area contributed by atoms with Gasteiger partial charge < -0.3 is 5.32 Å². The van der Waals surface area contributed by atoms with E-state index in [-0.39, 0.29) is 12.2 Å². The molecule has 14 heavy (non-hydrogen) atoms. The summed E-state index contributed by atoms with van der Waals surface area (Å²) in [5.74, 6) is 0.495. The normalized spacial score (nSPS) is 10.6. The standard InChI is InChI=1S/C7H8FN5O/c8-1-2-9-5-3-6-11-12-7(14)13(6)4-10-5/h3-4,9H,1-2H2,(H,12,14). The number of anilines is 1. The van der Waals surface area contributed by atoms with Gasteiger partial charge in [-0.15, -0.1) is 0 Å². The molecule has 0 saturated carbocycles. The predicted octanol–water partition coefficient (Wildman–Crippen LogP) is -0.201. The Bertz CT molecular complexity index is 490. The Hall–Kier alpha value is -1.92. The van der Waals surface area contributed by atoms with Crippen LogP contribution in [0, 0.1) is 0 Å². The van der Waals surface area contributed by atoms with Gasteiger partial charge in [-0.05, 0) is 0 Å². The Kier molecular flexibility index (Phi) is 2.13. The van der Waals surface area contributed by atoms with E-state index in [1.807, 2.05) is 0 Å². The maximum Gasteiger partial charge on any atom is 0.348 e. The zero-order chi connectivity index (χ0) is 9.97. The summed E-state index contributed by atoms with van der Waals surface area (Å²) in [7, 11) is 0. The molecule has 0 radical (unpaired) electrons. The quantitative estimate of drug-likeness (QED) is 0.714. The van der Waals surface area contributed by atoms with E-state index in [9.17, 15) is 9.18 Å². The molecule has 0 spiro atoms. The van der Waals surface area contributed by atoms with Gasteiger partial charge in [0.15, 0.2) is 5.65 Å². The van der Waals surface area contributed by atoms with Crippen molar-refractivity contribution in [1.82, 2.24) is 19.6 Å². The highest BCUT2D eigenvalue weighted by atomic mass is 19.1. The van der Waals surface area contributed by atoms with E-state index in [0.29, 0.717) is 11.5 Å². The van der Waals surface area contributed by atoms with Crippen LogP contribution in [0.3, 0.4) is 0 Å². The van der Waals surface area contributed by atoms with Gasteiger partial charge in [0.05, 0.1) is 0 Å². The van der Waals surface area contributed by atoms with Crippen molar-refractivity contribution in [3.63, 3.8) is 0 Å². The summed E-state index contributed by atoms with van der Waals surface area (Å²) < 4.78 is 13.1. The van der Waals surface area contributed by atoms with E-state index in [1.165, 1.54) is 10.7 Å². The highest BCUT2D eigenvalue weighted by molar-refractivity contribution is 5.48. The van der Waals surface area contributed by atoms with Crippen molar-refractivity contribution in [3.8, 4) is 0 Å². The second-order valence-electron chi connectivity index (χ2n) is 2.65. The fourth-order valence-corrected chi connectivity index (χ4v) is 1.08. The zero-order valence-electron chi connectivity index (χ0n) is 7.20. The van der Waals surface area contributed by atoms with Gasteiger partial charge in [-0.1, -0.05) is 0 Å². The summed E-state index contributed by atoms with van der Waals surface area (Å²) in [6.45, 7) is -0.280. The summed E-state index contributed by atoms with van der Waals surface area (Å²) in [6.07, 6.45) is 1.34. The van der Waals surface area contributed by atoms with E-state index in [4.69, 9.17) is 0 Å². The number of aromatic nitrogens is 4. The van der Waals surface area contributed by atoms with Crippen LogP contribution in [0.15, 0.2) is 17.2 Å². The molecule has 6 nitrogen and oxygen atoms in total. The number of hydrogen-bond acceptors (Lipinski definition) is 4. The minimum Gasteiger partial charge on any atom is -0.367 e. The van der Waals surface area contributed by atoms with Crippen molar-refractivity contribution >= 4 is 11.5 Å². The van der Waals surface area contributed by atoms with Gasteiger partial charge >= 0.3 is 5.69 Å². The molecule has 74 valence electrons. The summed E-state index contributed by atoms with van der Waals surface area (Å²) in [5, 5.41) is 8.75. The first kappa shape index (κ1) is 8.67. The first-order valence-electron chi connectivity index (χ1n) is 4.04. The van der Waals surface area contributed by atoms with Crippen molar-refractivity contribution in [1.29, 1.82) is 0 Å². The highest BCUT2D eigenvalue weighted by Gasteiger charge is 2.00. The van der Waals surface area contributed by atoms with Gasteiger partial charge in [-0.25, -0.2) is 23.7 Å². The van der Waals surface area contributed by atoms with Crippen LogP contribution >= 0.6 is 0 Å². The second kappa shape index (κ2) is 3.44. The lowest BCUT2D eigenvalue weighted by Crippen LogP contribution is -2.11. The van der Waals surface area contributed by atoms with E-state index < -0.39 is 6.67 Å². The van der Waals surface area contributed by atoms with Crippen LogP contribution in [0.1, 0.15) is 0 Å². The third-order valence-corrected chi connectivity index (χ3v) is 1.71.